The number of hydrogen-bond acceptors (Lipinski definition) is 3. The molecule has 0 aliphatic heterocycles. The van der Waals surface area contributed by atoms with Gasteiger partial charge >= 0.3 is 0 Å². The van der Waals surface area contributed by atoms with E-state index in [0.717, 1.165) is 10.0 Å². The second-order valence-corrected chi connectivity index (χ2v) is 5.71. The fourth-order valence-corrected chi connectivity index (χ4v) is 2.50. The molecule has 1 heterocycles. The molecule has 1 N–H and O–H groups in total. The monoisotopic (exact) mass is 355 g/mol. The largest absolute Gasteiger partial charge is 0.376 e. The van der Waals surface area contributed by atoms with E-state index in [0.29, 0.717) is 12.2 Å². The molecular weight excluding hydrogens is 342 g/mol. The Morgan fingerprint density at radius 3 is 2.90 bits per heavy atom. The Morgan fingerprint density at radius 2 is 2.25 bits per heavy atom. The van der Waals surface area contributed by atoms with E-state index in [1.165, 1.54) is 4.68 Å². The van der Waals surface area contributed by atoms with Crippen molar-refractivity contribution < 1.29 is 0 Å². The van der Waals surface area contributed by atoms with Crippen LogP contribution in [0.15, 0.2) is 39.7 Å². The summed E-state index contributed by atoms with van der Waals surface area (Å²) in [6.45, 7) is 4.35. The van der Waals surface area contributed by atoms with Crippen molar-refractivity contribution in [1.29, 1.82) is 0 Å². The molecule has 0 saturated carbocycles. The van der Waals surface area contributed by atoms with E-state index in [9.17, 15) is 4.79 Å². The summed E-state index contributed by atoms with van der Waals surface area (Å²) in [5.41, 5.74) is 1.37. The number of aromatic nitrogens is 2. The number of aryl methyl sites for hydroxylation is 1. The highest BCUT2D eigenvalue weighted by atomic mass is 79.9. The van der Waals surface area contributed by atoms with Gasteiger partial charge in [-0.25, -0.2) is 4.68 Å². The first-order valence-corrected chi connectivity index (χ1v) is 7.47. The first kappa shape index (κ1) is 15.1. The third-order valence-corrected chi connectivity index (χ3v) is 3.86. The van der Waals surface area contributed by atoms with Crippen molar-refractivity contribution in [1.82, 2.24) is 9.78 Å². The molecule has 1 aromatic heterocycles. The molecule has 6 heteroatoms. The lowest BCUT2D eigenvalue weighted by Crippen LogP contribution is -2.23. The van der Waals surface area contributed by atoms with Crippen LogP contribution in [0, 0.1) is 0 Å². The van der Waals surface area contributed by atoms with Gasteiger partial charge in [0.1, 0.15) is 5.02 Å². The van der Waals surface area contributed by atoms with Gasteiger partial charge in [-0.3, -0.25) is 4.79 Å². The Bertz CT molecular complexity index is 672. The van der Waals surface area contributed by atoms with Gasteiger partial charge in [-0.1, -0.05) is 39.7 Å². The molecule has 1 unspecified atom stereocenters. The molecule has 1 atom stereocenters. The van der Waals surface area contributed by atoms with Gasteiger partial charge in [0.25, 0.3) is 5.56 Å². The molecule has 2 rings (SSSR count). The number of hydrogen-bond donors (Lipinski definition) is 1. The van der Waals surface area contributed by atoms with Gasteiger partial charge in [0.2, 0.25) is 0 Å². The SMILES string of the molecule is CCn1ncc(NC(C)c2cccc(Br)c2)c(Cl)c1=O. The molecule has 2 aromatic rings. The van der Waals surface area contributed by atoms with Gasteiger partial charge < -0.3 is 5.32 Å². The fraction of sp³-hybridized carbons (Fsp3) is 0.286. The summed E-state index contributed by atoms with van der Waals surface area (Å²) >= 11 is 9.54. The minimum Gasteiger partial charge on any atom is -0.376 e. The molecule has 0 saturated heterocycles. The molecule has 0 aliphatic carbocycles. The lowest BCUT2D eigenvalue weighted by molar-refractivity contribution is 0.615. The maximum atomic E-state index is 11.9. The van der Waals surface area contributed by atoms with Crippen LogP contribution in [0.1, 0.15) is 25.5 Å². The van der Waals surface area contributed by atoms with Crippen molar-refractivity contribution in [3.05, 3.63) is 55.9 Å². The molecule has 0 bridgehead atoms. The standard InChI is InChI=1S/C14H15BrClN3O/c1-3-19-14(20)13(16)12(8-17-19)18-9(2)10-5-4-6-11(15)7-10/h4-9,18H,3H2,1-2H3. The van der Waals surface area contributed by atoms with Crippen LogP contribution >= 0.6 is 27.5 Å². The van der Waals surface area contributed by atoms with E-state index in [-0.39, 0.29) is 16.6 Å². The predicted octanol–water partition coefficient (Wildman–Crippen LogP) is 3.85. The summed E-state index contributed by atoms with van der Waals surface area (Å²) in [5, 5.41) is 7.46. The minimum atomic E-state index is -0.277. The molecule has 0 fully saturated rings. The molecule has 0 spiro atoms. The maximum Gasteiger partial charge on any atom is 0.287 e. The number of nitrogens with zero attached hydrogens (tertiary/aromatic N) is 2. The smallest absolute Gasteiger partial charge is 0.287 e. The second-order valence-electron chi connectivity index (χ2n) is 4.41. The quantitative estimate of drug-likeness (QED) is 0.905. The maximum absolute atomic E-state index is 11.9. The van der Waals surface area contributed by atoms with Crippen LogP contribution in [0.5, 0.6) is 0 Å². The van der Waals surface area contributed by atoms with Gasteiger partial charge in [-0.05, 0) is 31.5 Å². The molecule has 106 valence electrons. The Labute approximate surface area is 130 Å². The van der Waals surface area contributed by atoms with Crippen LogP contribution in [0.2, 0.25) is 5.02 Å². The van der Waals surface area contributed by atoms with Crippen LogP contribution in [-0.2, 0) is 6.54 Å². The third-order valence-electron chi connectivity index (χ3n) is 3.01. The van der Waals surface area contributed by atoms with Crippen molar-refractivity contribution >= 4 is 33.2 Å². The van der Waals surface area contributed by atoms with Crippen LogP contribution < -0.4 is 10.9 Å². The molecule has 1 aromatic carbocycles. The zero-order valence-electron chi connectivity index (χ0n) is 11.2. The van der Waals surface area contributed by atoms with Crippen molar-refractivity contribution in [3.8, 4) is 0 Å². The molecule has 20 heavy (non-hydrogen) atoms. The topological polar surface area (TPSA) is 46.9 Å². The van der Waals surface area contributed by atoms with E-state index < -0.39 is 0 Å². The van der Waals surface area contributed by atoms with E-state index >= 15 is 0 Å². The Hall–Kier alpha value is -1.33. The average molecular weight is 357 g/mol. The van der Waals surface area contributed by atoms with Crippen molar-refractivity contribution in [2.45, 2.75) is 26.4 Å². The first-order chi connectivity index (χ1) is 9.52. The van der Waals surface area contributed by atoms with Crippen molar-refractivity contribution in [2.75, 3.05) is 5.32 Å². The summed E-state index contributed by atoms with van der Waals surface area (Å²) in [4.78, 5) is 11.9. The van der Waals surface area contributed by atoms with Gasteiger partial charge in [0.15, 0.2) is 0 Å². The van der Waals surface area contributed by atoms with Crippen molar-refractivity contribution in [2.24, 2.45) is 0 Å². The number of rotatable bonds is 4. The van der Waals surface area contributed by atoms with E-state index in [1.807, 2.05) is 38.1 Å². The van der Waals surface area contributed by atoms with Crippen LogP contribution in [0.4, 0.5) is 5.69 Å². The fourth-order valence-electron chi connectivity index (χ4n) is 1.88. The Balaban J connectivity index is 2.26. The van der Waals surface area contributed by atoms with Gasteiger partial charge in [-0.2, -0.15) is 5.10 Å². The highest BCUT2D eigenvalue weighted by Crippen LogP contribution is 2.24. The van der Waals surface area contributed by atoms with Gasteiger partial charge in [0, 0.05) is 17.1 Å². The zero-order valence-corrected chi connectivity index (χ0v) is 13.6. The van der Waals surface area contributed by atoms with E-state index in [2.05, 4.69) is 26.3 Å². The summed E-state index contributed by atoms with van der Waals surface area (Å²) in [6.07, 6.45) is 1.59. The van der Waals surface area contributed by atoms with Crippen LogP contribution in [0.3, 0.4) is 0 Å². The first-order valence-electron chi connectivity index (χ1n) is 6.30. The minimum absolute atomic E-state index is 0.0173. The number of benzene rings is 1. The van der Waals surface area contributed by atoms with E-state index in [1.54, 1.807) is 6.20 Å². The summed E-state index contributed by atoms with van der Waals surface area (Å²) in [5.74, 6) is 0. The van der Waals surface area contributed by atoms with Crippen LogP contribution in [-0.4, -0.2) is 9.78 Å². The third kappa shape index (κ3) is 3.22. The summed E-state index contributed by atoms with van der Waals surface area (Å²) < 4.78 is 2.34. The lowest BCUT2D eigenvalue weighted by atomic mass is 10.1. The normalized spacial score (nSPS) is 12.2. The average Bonchev–Trinajstić information content (AvgIpc) is 2.44. The van der Waals surface area contributed by atoms with Gasteiger partial charge in [0.05, 0.1) is 11.9 Å². The molecular formula is C14H15BrClN3O. The lowest BCUT2D eigenvalue weighted by Gasteiger charge is -2.17. The summed E-state index contributed by atoms with van der Waals surface area (Å²) in [7, 11) is 0. The highest BCUT2D eigenvalue weighted by molar-refractivity contribution is 9.10. The molecule has 4 nitrogen and oxygen atoms in total. The number of nitrogens with one attached hydrogen (secondary N) is 1. The number of halogens is 2. The molecule has 0 radical (unpaired) electrons. The predicted molar refractivity (Wildman–Crippen MR) is 85.4 cm³/mol. The van der Waals surface area contributed by atoms with Crippen LogP contribution in [0.25, 0.3) is 0 Å². The van der Waals surface area contributed by atoms with Gasteiger partial charge in [-0.15, -0.1) is 0 Å². The zero-order chi connectivity index (χ0) is 14.7. The van der Waals surface area contributed by atoms with Crippen molar-refractivity contribution in [3.63, 3.8) is 0 Å². The Kier molecular flexibility index (Phi) is 4.83. The molecule has 0 aliphatic rings. The van der Waals surface area contributed by atoms with E-state index in [4.69, 9.17) is 11.6 Å². The number of anilines is 1. The second kappa shape index (κ2) is 6.41. The Morgan fingerprint density at radius 1 is 1.50 bits per heavy atom. The summed E-state index contributed by atoms with van der Waals surface area (Å²) in [6, 6.07) is 7.98. The highest BCUT2D eigenvalue weighted by Gasteiger charge is 2.12. The molecule has 0 amide bonds.